The topological polar surface area (TPSA) is 111 Å². The first-order valence-electron chi connectivity index (χ1n) is 13.0. The lowest BCUT2D eigenvalue weighted by Gasteiger charge is -2.40. The van der Waals surface area contributed by atoms with Crippen LogP contribution in [-0.2, 0) is 16.6 Å². The molecule has 0 bridgehead atoms. The molecule has 0 aromatic heterocycles. The van der Waals surface area contributed by atoms with Gasteiger partial charge in [-0.1, -0.05) is 18.2 Å². The number of alkyl halides is 3. The van der Waals surface area contributed by atoms with Gasteiger partial charge in [-0.05, 0) is 68.0 Å². The Labute approximate surface area is 225 Å². The van der Waals surface area contributed by atoms with Crippen LogP contribution in [0.2, 0.25) is 0 Å². The van der Waals surface area contributed by atoms with Crippen LogP contribution in [-0.4, -0.2) is 66.5 Å². The van der Waals surface area contributed by atoms with Gasteiger partial charge in [0.1, 0.15) is 0 Å². The number of rotatable bonds is 7. The number of hydrogen-bond donors (Lipinski definition) is 4. The van der Waals surface area contributed by atoms with E-state index >= 15 is 0 Å². The van der Waals surface area contributed by atoms with Crippen LogP contribution in [0.5, 0.6) is 0 Å². The van der Waals surface area contributed by atoms with Gasteiger partial charge in [-0.2, -0.15) is 13.2 Å². The van der Waals surface area contributed by atoms with Gasteiger partial charge >= 0.3 is 6.18 Å². The first-order chi connectivity index (χ1) is 18.5. The lowest BCUT2D eigenvalue weighted by atomic mass is 9.77. The number of carbonyl (C=O) groups excluding carboxylic acids is 3. The summed E-state index contributed by atoms with van der Waals surface area (Å²) in [5, 5.41) is 19.1. The van der Waals surface area contributed by atoms with Crippen molar-refractivity contribution in [1.82, 2.24) is 20.9 Å². The van der Waals surface area contributed by atoms with Gasteiger partial charge in [0.25, 0.3) is 11.8 Å². The molecule has 1 heterocycles. The standard InChI is InChI=1S/C28H33F3N4O4/c1-32-25(37)18-5-7-20(8-6-18)27(39)12-9-23(10-13-27)35-14-11-22(17-35)34-24(36)16-33-26(38)19-3-2-4-21(15-19)28(29,30)31/h2-8,15,22-23,39H,9-14,16-17H2,1H3,(H,32,37)(H,33,38)(H,34,36)/t22-,23?,27?/m1/s1. The minimum absolute atomic E-state index is 0.0963. The number of halogens is 3. The molecule has 2 fully saturated rings. The van der Waals surface area contributed by atoms with E-state index in [4.69, 9.17) is 0 Å². The summed E-state index contributed by atoms with van der Waals surface area (Å²) < 4.78 is 38.6. The third-order valence-corrected chi connectivity index (χ3v) is 7.66. The lowest BCUT2D eigenvalue weighted by Crippen LogP contribution is -2.45. The van der Waals surface area contributed by atoms with E-state index in [1.54, 1.807) is 31.3 Å². The summed E-state index contributed by atoms with van der Waals surface area (Å²) in [4.78, 5) is 38.7. The minimum Gasteiger partial charge on any atom is -0.385 e. The van der Waals surface area contributed by atoms with Gasteiger partial charge in [-0.15, -0.1) is 0 Å². The van der Waals surface area contributed by atoms with E-state index in [-0.39, 0.29) is 30.1 Å². The molecule has 1 saturated carbocycles. The van der Waals surface area contributed by atoms with Crippen LogP contribution < -0.4 is 16.0 Å². The van der Waals surface area contributed by atoms with Crippen molar-refractivity contribution in [3.8, 4) is 0 Å². The molecular weight excluding hydrogens is 513 g/mol. The van der Waals surface area contributed by atoms with Gasteiger partial charge in [-0.3, -0.25) is 19.3 Å². The molecule has 39 heavy (non-hydrogen) atoms. The first-order valence-corrected chi connectivity index (χ1v) is 13.0. The largest absolute Gasteiger partial charge is 0.416 e. The molecule has 0 unspecified atom stereocenters. The van der Waals surface area contributed by atoms with E-state index in [1.165, 1.54) is 6.07 Å². The van der Waals surface area contributed by atoms with Gasteiger partial charge in [0.15, 0.2) is 0 Å². The van der Waals surface area contributed by atoms with Crippen molar-refractivity contribution in [3.05, 3.63) is 70.8 Å². The van der Waals surface area contributed by atoms with E-state index < -0.39 is 29.2 Å². The van der Waals surface area contributed by atoms with E-state index in [0.717, 1.165) is 49.6 Å². The van der Waals surface area contributed by atoms with Crippen LogP contribution in [0.15, 0.2) is 48.5 Å². The first kappa shape index (κ1) is 28.6. The van der Waals surface area contributed by atoms with E-state index in [0.29, 0.717) is 24.9 Å². The van der Waals surface area contributed by atoms with E-state index in [1.807, 2.05) is 0 Å². The van der Waals surface area contributed by atoms with E-state index in [9.17, 15) is 32.7 Å². The molecule has 11 heteroatoms. The van der Waals surface area contributed by atoms with Crippen LogP contribution in [0.1, 0.15) is 63.9 Å². The Morgan fingerprint density at radius 3 is 2.33 bits per heavy atom. The van der Waals surface area contributed by atoms with Crippen molar-refractivity contribution in [2.45, 2.75) is 56.0 Å². The maximum atomic E-state index is 12.9. The monoisotopic (exact) mass is 546 g/mol. The SMILES string of the molecule is CNC(=O)c1ccc(C2(O)CCC(N3CC[C@@H](NC(=O)CNC(=O)c4cccc(C(F)(F)F)c4)C3)CC2)cc1. The molecule has 0 spiro atoms. The predicted molar refractivity (Wildman–Crippen MR) is 138 cm³/mol. The van der Waals surface area contributed by atoms with Crippen LogP contribution in [0.4, 0.5) is 13.2 Å². The fourth-order valence-corrected chi connectivity index (χ4v) is 5.42. The molecule has 2 aromatic rings. The number of benzene rings is 2. The fraction of sp³-hybridized carbons (Fsp3) is 0.464. The molecule has 3 amide bonds. The smallest absolute Gasteiger partial charge is 0.385 e. The summed E-state index contributed by atoms with van der Waals surface area (Å²) in [6, 6.07) is 11.3. The van der Waals surface area contributed by atoms with Crippen molar-refractivity contribution in [1.29, 1.82) is 0 Å². The highest BCUT2D eigenvalue weighted by atomic mass is 19.4. The summed E-state index contributed by atoms with van der Waals surface area (Å²) >= 11 is 0. The van der Waals surface area contributed by atoms with Crippen LogP contribution in [0.3, 0.4) is 0 Å². The van der Waals surface area contributed by atoms with Crippen molar-refractivity contribution < 1.29 is 32.7 Å². The highest BCUT2D eigenvalue weighted by molar-refractivity contribution is 5.96. The van der Waals surface area contributed by atoms with Gasteiger partial charge in [0, 0.05) is 43.3 Å². The number of hydrogen-bond acceptors (Lipinski definition) is 5. The Bertz CT molecular complexity index is 1190. The Kier molecular flexibility index (Phi) is 8.60. The molecule has 1 atom stereocenters. The fourth-order valence-electron chi connectivity index (χ4n) is 5.42. The second-order valence-electron chi connectivity index (χ2n) is 10.2. The Morgan fingerprint density at radius 1 is 1.00 bits per heavy atom. The summed E-state index contributed by atoms with van der Waals surface area (Å²) in [5.41, 5.74) is -0.690. The average molecular weight is 547 g/mol. The zero-order valence-electron chi connectivity index (χ0n) is 21.7. The molecular formula is C28H33F3N4O4. The van der Waals surface area contributed by atoms with Crippen molar-refractivity contribution in [2.75, 3.05) is 26.7 Å². The van der Waals surface area contributed by atoms with Gasteiger partial charge < -0.3 is 21.1 Å². The summed E-state index contributed by atoms with van der Waals surface area (Å²) in [6.07, 6.45) is -1.05. The quantitative estimate of drug-likeness (QED) is 0.427. The molecule has 210 valence electrons. The second kappa shape index (κ2) is 11.7. The van der Waals surface area contributed by atoms with Crippen LogP contribution >= 0.6 is 0 Å². The third kappa shape index (κ3) is 6.96. The molecule has 4 rings (SSSR count). The highest BCUT2D eigenvalue weighted by Crippen LogP contribution is 2.39. The zero-order chi connectivity index (χ0) is 28.2. The highest BCUT2D eigenvalue weighted by Gasteiger charge is 2.38. The Balaban J connectivity index is 1.22. The Hall–Kier alpha value is -3.44. The molecule has 2 aromatic carbocycles. The van der Waals surface area contributed by atoms with Crippen LogP contribution in [0.25, 0.3) is 0 Å². The second-order valence-corrected chi connectivity index (χ2v) is 10.2. The molecule has 4 N–H and O–H groups in total. The van der Waals surface area contributed by atoms with E-state index in [2.05, 4.69) is 20.9 Å². The molecule has 0 radical (unpaired) electrons. The summed E-state index contributed by atoms with van der Waals surface area (Å²) in [6.45, 7) is 1.11. The lowest BCUT2D eigenvalue weighted by molar-refractivity contribution is -0.137. The van der Waals surface area contributed by atoms with Gasteiger partial charge in [0.05, 0.1) is 17.7 Å². The predicted octanol–water partition coefficient (Wildman–Crippen LogP) is 2.82. The third-order valence-electron chi connectivity index (χ3n) is 7.66. The number of nitrogens with zero attached hydrogens (tertiary/aromatic N) is 1. The molecule has 1 saturated heterocycles. The number of aliphatic hydroxyl groups is 1. The average Bonchev–Trinajstić information content (AvgIpc) is 3.39. The maximum absolute atomic E-state index is 12.9. The number of nitrogens with one attached hydrogen (secondary N) is 3. The van der Waals surface area contributed by atoms with Gasteiger partial charge in [-0.25, -0.2) is 0 Å². The summed E-state index contributed by atoms with van der Waals surface area (Å²) in [5.74, 6) is -1.33. The zero-order valence-corrected chi connectivity index (χ0v) is 21.7. The maximum Gasteiger partial charge on any atom is 0.416 e. The number of amides is 3. The molecule has 8 nitrogen and oxygen atoms in total. The van der Waals surface area contributed by atoms with Crippen molar-refractivity contribution in [2.24, 2.45) is 0 Å². The molecule has 1 aliphatic heterocycles. The number of carbonyl (C=O) groups is 3. The molecule has 1 aliphatic carbocycles. The van der Waals surface area contributed by atoms with Crippen LogP contribution in [0, 0.1) is 0 Å². The van der Waals surface area contributed by atoms with Crippen molar-refractivity contribution >= 4 is 17.7 Å². The summed E-state index contributed by atoms with van der Waals surface area (Å²) in [7, 11) is 1.57. The normalized spacial score (nSPS) is 23.7. The van der Waals surface area contributed by atoms with Gasteiger partial charge in [0.2, 0.25) is 5.91 Å². The minimum atomic E-state index is -4.56. The Morgan fingerprint density at radius 2 is 1.69 bits per heavy atom. The van der Waals surface area contributed by atoms with Crippen molar-refractivity contribution in [3.63, 3.8) is 0 Å². The molecule has 2 aliphatic rings. The number of likely N-dealkylation sites (tertiary alicyclic amines) is 1.